The van der Waals surface area contributed by atoms with Gasteiger partial charge in [-0.2, -0.15) is 0 Å². The quantitative estimate of drug-likeness (QED) is 0.700. The van der Waals surface area contributed by atoms with E-state index >= 15 is 0 Å². The van der Waals surface area contributed by atoms with E-state index in [1.54, 1.807) is 30.1 Å². The van der Waals surface area contributed by atoms with Gasteiger partial charge in [0.25, 0.3) is 0 Å². The van der Waals surface area contributed by atoms with Gasteiger partial charge in [-0.05, 0) is 63.0 Å². The number of nitrogens with zero attached hydrogens (tertiary/aromatic N) is 1. The minimum atomic E-state index is -0.213. The van der Waals surface area contributed by atoms with E-state index in [9.17, 15) is 9.59 Å². The van der Waals surface area contributed by atoms with Crippen LogP contribution in [0.2, 0.25) is 0 Å². The van der Waals surface area contributed by atoms with Crippen LogP contribution < -0.4 is 14.8 Å². The summed E-state index contributed by atoms with van der Waals surface area (Å²) in [5, 5.41) is 2.85. The van der Waals surface area contributed by atoms with Crippen LogP contribution in [0.3, 0.4) is 0 Å². The summed E-state index contributed by atoms with van der Waals surface area (Å²) in [4.78, 5) is 26.5. The van der Waals surface area contributed by atoms with Crippen molar-refractivity contribution in [3.63, 3.8) is 0 Å². The molecule has 2 amide bonds. The molecule has 6 nitrogen and oxygen atoms in total. The molecule has 0 unspecified atom stereocenters. The SMILES string of the molecule is CCOc1ccc(NC(=O)CN(C)C(=O)C[C@@H]2C[C@@H]3CC[C@@H]2C3)cc1OCC. The third kappa shape index (κ3) is 4.97. The van der Waals surface area contributed by atoms with Crippen LogP contribution in [0.5, 0.6) is 11.5 Å². The smallest absolute Gasteiger partial charge is 0.243 e. The Morgan fingerprint density at radius 2 is 1.86 bits per heavy atom. The minimum Gasteiger partial charge on any atom is -0.490 e. The second-order valence-electron chi connectivity index (χ2n) is 7.96. The number of ether oxygens (including phenoxy) is 2. The van der Waals surface area contributed by atoms with E-state index in [0.717, 1.165) is 11.8 Å². The van der Waals surface area contributed by atoms with E-state index in [1.165, 1.54) is 25.7 Å². The van der Waals surface area contributed by atoms with E-state index < -0.39 is 0 Å². The highest BCUT2D eigenvalue weighted by atomic mass is 16.5. The second-order valence-corrected chi connectivity index (χ2v) is 7.96. The van der Waals surface area contributed by atoms with E-state index in [1.807, 2.05) is 13.8 Å². The fourth-order valence-electron chi connectivity index (χ4n) is 4.64. The summed E-state index contributed by atoms with van der Waals surface area (Å²) in [5.41, 5.74) is 0.630. The number of hydrogen-bond acceptors (Lipinski definition) is 4. The summed E-state index contributed by atoms with van der Waals surface area (Å²) in [5.74, 6) is 3.16. The van der Waals surface area contributed by atoms with Crippen molar-refractivity contribution in [1.82, 2.24) is 4.90 Å². The van der Waals surface area contributed by atoms with Crippen molar-refractivity contribution in [3.8, 4) is 11.5 Å². The molecule has 28 heavy (non-hydrogen) atoms. The minimum absolute atomic E-state index is 0.0524. The average molecular weight is 389 g/mol. The Labute approximate surface area is 167 Å². The van der Waals surface area contributed by atoms with Gasteiger partial charge in [0.05, 0.1) is 19.8 Å². The summed E-state index contributed by atoms with van der Waals surface area (Å²) < 4.78 is 11.1. The molecular formula is C22H32N2O4. The van der Waals surface area contributed by atoms with Crippen molar-refractivity contribution < 1.29 is 19.1 Å². The van der Waals surface area contributed by atoms with Crippen LogP contribution in [0.4, 0.5) is 5.69 Å². The largest absolute Gasteiger partial charge is 0.490 e. The zero-order valence-electron chi connectivity index (χ0n) is 17.2. The molecule has 0 aromatic heterocycles. The van der Waals surface area contributed by atoms with Gasteiger partial charge >= 0.3 is 0 Å². The lowest BCUT2D eigenvalue weighted by Gasteiger charge is -2.24. The summed E-state index contributed by atoms with van der Waals surface area (Å²) in [6.07, 6.45) is 5.65. The molecule has 2 aliphatic carbocycles. The van der Waals surface area contributed by atoms with Crippen LogP contribution in [0, 0.1) is 17.8 Å². The molecule has 0 radical (unpaired) electrons. The maximum Gasteiger partial charge on any atom is 0.243 e. The Hall–Kier alpha value is -2.24. The first kappa shape index (κ1) is 20.5. The van der Waals surface area contributed by atoms with Crippen molar-refractivity contribution in [3.05, 3.63) is 18.2 Å². The number of benzene rings is 1. The highest BCUT2D eigenvalue weighted by molar-refractivity contribution is 5.94. The number of rotatable bonds is 9. The normalized spacial score (nSPS) is 22.8. The number of carbonyl (C=O) groups excluding carboxylic acids is 2. The molecule has 0 saturated heterocycles. The van der Waals surface area contributed by atoms with Gasteiger partial charge in [0.2, 0.25) is 11.8 Å². The molecule has 0 spiro atoms. The van der Waals surface area contributed by atoms with Crippen molar-refractivity contribution >= 4 is 17.5 Å². The van der Waals surface area contributed by atoms with Gasteiger partial charge < -0.3 is 19.7 Å². The number of fused-ring (bicyclic) bond motifs is 2. The molecule has 2 bridgehead atoms. The van der Waals surface area contributed by atoms with E-state index in [-0.39, 0.29) is 18.4 Å². The molecule has 154 valence electrons. The molecule has 1 N–H and O–H groups in total. The summed E-state index contributed by atoms with van der Waals surface area (Å²) >= 11 is 0. The van der Waals surface area contributed by atoms with Crippen LogP contribution in [-0.2, 0) is 9.59 Å². The van der Waals surface area contributed by atoms with Crippen LogP contribution >= 0.6 is 0 Å². The van der Waals surface area contributed by atoms with Crippen molar-refractivity contribution in [2.75, 3.05) is 32.1 Å². The Balaban J connectivity index is 1.51. The number of amides is 2. The first-order valence-corrected chi connectivity index (χ1v) is 10.4. The van der Waals surface area contributed by atoms with Gasteiger partial charge in [-0.15, -0.1) is 0 Å². The van der Waals surface area contributed by atoms with Gasteiger partial charge in [-0.1, -0.05) is 6.42 Å². The van der Waals surface area contributed by atoms with Crippen molar-refractivity contribution in [2.45, 2.75) is 46.0 Å². The van der Waals surface area contributed by atoms with E-state index in [2.05, 4.69) is 5.32 Å². The first-order valence-electron chi connectivity index (χ1n) is 10.4. The lowest BCUT2D eigenvalue weighted by molar-refractivity contribution is -0.134. The molecule has 6 heteroatoms. The number of hydrogen-bond donors (Lipinski definition) is 1. The number of carbonyl (C=O) groups is 2. The third-order valence-electron chi connectivity index (χ3n) is 5.96. The lowest BCUT2D eigenvalue weighted by atomic mass is 9.86. The molecule has 3 rings (SSSR count). The highest BCUT2D eigenvalue weighted by Gasteiger charge is 2.40. The summed E-state index contributed by atoms with van der Waals surface area (Å²) in [6, 6.07) is 5.32. The van der Waals surface area contributed by atoms with Crippen molar-refractivity contribution in [2.24, 2.45) is 17.8 Å². The number of anilines is 1. The molecule has 1 aromatic rings. The zero-order valence-corrected chi connectivity index (χ0v) is 17.2. The van der Waals surface area contributed by atoms with Gasteiger partial charge in [0.1, 0.15) is 0 Å². The van der Waals surface area contributed by atoms with Gasteiger partial charge in [0, 0.05) is 25.2 Å². The molecule has 2 aliphatic rings. The monoisotopic (exact) mass is 388 g/mol. The predicted molar refractivity (Wildman–Crippen MR) is 109 cm³/mol. The topological polar surface area (TPSA) is 67.9 Å². The van der Waals surface area contributed by atoms with Crippen LogP contribution in [0.1, 0.15) is 46.0 Å². The lowest BCUT2D eigenvalue weighted by Crippen LogP contribution is -2.36. The molecule has 0 heterocycles. The van der Waals surface area contributed by atoms with Crippen molar-refractivity contribution in [1.29, 1.82) is 0 Å². The molecular weight excluding hydrogens is 356 g/mol. The summed E-state index contributed by atoms with van der Waals surface area (Å²) in [6.45, 7) is 4.92. The van der Waals surface area contributed by atoms with E-state index in [0.29, 0.717) is 42.7 Å². The summed E-state index contributed by atoms with van der Waals surface area (Å²) in [7, 11) is 1.71. The molecule has 0 aliphatic heterocycles. The second kappa shape index (κ2) is 9.30. The molecule has 1 aromatic carbocycles. The number of likely N-dealkylation sites (N-methyl/N-ethyl adjacent to an activating group) is 1. The van der Waals surface area contributed by atoms with Crippen LogP contribution in [0.15, 0.2) is 18.2 Å². The molecule has 3 atom stereocenters. The predicted octanol–water partition coefficient (Wildman–Crippen LogP) is 3.71. The Morgan fingerprint density at radius 1 is 1.11 bits per heavy atom. The molecule has 2 fully saturated rings. The molecule has 2 saturated carbocycles. The third-order valence-corrected chi connectivity index (χ3v) is 5.96. The fourth-order valence-corrected chi connectivity index (χ4v) is 4.64. The Kier molecular flexibility index (Phi) is 6.81. The standard InChI is InChI=1S/C22H32N2O4/c1-4-27-19-9-8-18(13-20(19)28-5-2)23-21(25)14-24(3)22(26)12-17-11-15-6-7-16(17)10-15/h8-9,13,15-17H,4-7,10-12,14H2,1-3H3,(H,23,25)/t15-,16-,17+/m1/s1. The highest BCUT2D eigenvalue weighted by Crippen LogP contribution is 2.49. The Bertz CT molecular complexity index is 706. The Morgan fingerprint density at radius 3 is 2.50 bits per heavy atom. The van der Waals surface area contributed by atoms with Crippen LogP contribution in [0.25, 0.3) is 0 Å². The van der Waals surface area contributed by atoms with Gasteiger partial charge in [-0.25, -0.2) is 0 Å². The first-order chi connectivity index (χ1) is 13.5. The average Bonchev–Trinajstić information content (AvgIpc) is 3.27. The number of nitrogens with one attached hydrogen (secondary N) is 1. The fraction of sp³-hybridized carbons (Fsp3) is 0.636. The van der Waals surface area contributed by atoms with Gasteiger partial charge in [-0.3, -0.25) is 9.59 Å². The van der Waals surface area contributed by atoms with E-state index in [4.69, 9.17) is 9.47 Å². The zero-order chi connectivity index (χ0) is 20.1. The maximum atomic E-state index is 12.5. The van der Waals surface area contributed by atoms with Crippen LogP contribution in [-0.4, -0.2) is 43.5 Å². The maximum absolute atomic E-state index is 12.5. The van der Waals surface area contributed by atoms with Gasteiger partial charge in [0.15, 0.2) is 11.5 Å².